The average molecular weight is 472 g/mol. The predicted octanol–water partition coefficient (Wildman–Crippen LogP) is 1.42. The van der Waals surface area contributed by atoms with Crippen molar-refractivity contribution in [1.29, 1.82) is 0 Å². The van der Waals surface area contributed by atoms with Crippen molar-refractivity contribution < 1.29 is 9.21 Å². The molecule has 1 N–H and O–H groups in total. The first-order valence-electron chi connectivity index (χ1n) is 4.95. The normalized spacial score (nSPS) is 9.41. The molecule has 2 rings (SSSR count). The zero-order chi connectivity index (χ0) is 11.2. The van der Waals surface area contributed by atoms with E-state index in [-0.39, 0.29) is 0 Å². The Balaban J connectivity index is 0.00000144. The third kappa shape index (κ3) is 2.92. The van der Waals surface area contributed by atoms with Gasteiger partial charge in [-0.3, -0.25) is 0 Å². The molecule has 17 heavy (non-hydrogen) atoms. The van der Waals surface area contributed by atoms with Crippen molar-refractivity contribution in [3.63, 3.8) is 0 Å². The topological polar surface area (TPSA) is 55.1 Å². The molecule has 1 aromatic heterocycles. The third-order valence-electron chi connectivity index (χ3n) is 2.29. The van der Waals surface area contributed by atoms with Gasteiger partial charge in [-0.2, -0.15) is 6.41 Å². The molecule has 0 bridgehead atoms. The van der Waals surface area contributed by atoms with Crippen LogP contribution < -0.4 is 5.32 Å². The molecule has 5 heteroatoms. The summed E-state index contributed by atoms with van der Waals surface area (Å²) in [7, 11) is 0. The molecule has 0 aliphatic carbocycles. The first kappa shape index (κ1) is 12.0. The summed E-state index contributed by atoms with van der Waals surface area (Å²) in [4.78, 5) is 14.2. The molecular formula is C12H11FmN2O2-. The zero-order valence-electron chi connectivity index (χ0n) is 8.93. The van der Waals surface area contributed by atoms with E-state index >= 15 is 0 Å². The summed E-state index contributed by atoms with van der Waals surface area (Å²) in [6.45, 7) is 0.473. The van der Waals surface area contributed by atoms with Gasteiger partial charge in [-0.25, -0.2) is 4.98 Å². The smallest absolute Gasteiger partial charge is 0.198 e. The second kappa shape index (κ2) is 5.70. The second-order valence-corrected chi connectivity index (χ2v) is 3.33. The Labute approximate surface area is 93.3 Å². The number of amides is 1. The largest absolute Gasteiger partial charge is 0.526 e. The van der Waals surface area contributed by atoms with Crippen LogP contribution in [0.3, 0.4) is 0 Å². The van der Waals surface area contributed by atoms with E-state index in [0.29, 0.717) is 18.9 Å². The third-order valence-corrected chi connectivity index (χ3v) is 2.29. The SMILES string of the molecule is O=[C-]NCc1ccccc1Cc1ncco1.[Fm]. The summed E-state index contributed by atoms with van der Waals surface area (Å²) in [6.07, 6.45) is 5.46. The Morgan fingerprint density at radius 3 is 2.71 bits per heavy atom. The number of nitrogens with one attached hydrogen (secondary N) is 1. The van der Waals surface area contributed by atoms with Crippen molar-refractivity contribution in [2.75, 3.05) is 0 Å². The van der Waals surface area contributed by atoms with Crippen LogP contribution in [0.5, 0.6) is 0 Å². The molecule has 0 radical (unpaired) electrons. The first-order chi connectivity index (χ1) is 7.90. The van der Waals surface area contributed by atoms with Crippen molar-refractivity contribution in [1.82, 2.24) is 10.3 Å². The Morgan fingerprint density at radius 2 is 2.06 bits per heavy atom. The van der Waals surface area contributed by atoms with Gasteiger partial charge in [0.1, 0.15) is 6.26 Å². The van der Waals surface area contributed by atoms with E-state index in [1.807, 2.05) is 24.3 Å². The van der Waals surface area contributed by atoms with Gasteiger partial charge < -0.3 is 14.5 Å². The van der Waals surface area contributed by atoms with Crippen LogP contribution in [-0.4, -0.2) is 11.4 Å². The van der Waals surface area contributed by atoms with Crippen LogP contribution in [-0.2, 0) is 17.8 Å². The molecule has 1 amide bonds. The van der Waals surface area contributed by atoms with Gasteiger partial charge in [0.25, 0.3) is 0 Å². The Kier molecular flexibility index (Phi) is 4.02. The number of hydrogen-bond acceptors (Lipinski definition) is 3. The van der Waals surface area contributed by atoms with Gasteiger partial charge in [0.2, 0.25) is 0 Å². The number of carbonyl (C=O) groups excluding carboxylic acids is 1. The molecule has 0 saturated heterocycles. The summed E-state index contributed by atoms with van der Waals surface area (Å²) in [6, 6.07) is 7.84. The van der Waals surface area contributed by atoms with Crippen molar-refractivity contribution in [2.24, 2.45) is 0 Å². The van der Waals surface area contributed by atoms with E-state index in [9.17, 15) is 4.79 Å². The predicted molar refractivity (Wildman–Crippen MR) is 58.3 cm³/mol. The van der Waals surface area contributed by atoms with Crippen LogP contribution in [0.25, 0.3) is 0 Å². The quantitative estimate of drug-likeness (QED) is 0.530. The number of hydrogen-bond donors (Lipinski definition) is 1. The van der Waals surface area contributed by atoms with Crippen LogP contribution in [0.15, 0.2) is 41.1 Å². The fourth-order valence-electron chi connectivity index (χ4n) is 1.54. The van der Waals surface area contributed by atoms with Crippen LogP contribution in [0.4, 0.5) is 0 Å². The van der Waals surface area contributed by atoms with Crippen molar-refractivity contribution in [2.45, 2.75) is 13.0 Å². The van der Waals surface area contributed by atoms with Crippen molar-refractivity contribution in [3.05, 3.63) is 53.7 Å². The van der Waals surface area contributed by atoms with Crippen molar-refractivity contribution >= 4 is 6.41 Å². The fraction of sp³-hybridized carbons (Fsp3) is 0.167. The molecule has 4 nitrogen and oxygen atoms in total. The maximum Gasteiger partial charge on any atom is 0.198 e. The summed E-state index contributed by atoms with van der Waals surface area (Å²) >= 11 is 0. The van der Waals surface area contributed by atoms with Crippen LogP contribution in [0.2, 0.25) is 0 Å². The number of benzene rings is 1. The van der Waals surface area contributed by atoms with Gasteiger partial charge in [0.05, 0.1) is 6.20 Å². The minimum atomic E-state index is 0. The number of nitrogens with zero attached hydrogens (tertiary/aromatic N) is 1. The minimum absolute atomic E-state index is 0. The number of aromatic nitrogens is 1. The van der Waals surface area contributed by atoms with E-state index in [0.717, 1.165) is 11.1 Å². The summed E-state index contributed by atoms with van der Waals surface area (Å²) in [5.74, 6) is 0.669. The van der Waals surface area contributed by atoms with Crippen LogP contribution in [0.1, 0.15) is 17.0 Å². The van der Waals surface area contributed by atoms with Gasteiger partial charge in [0, 0.05) is 13.0 Å². The molecule has 0 aliphatic rings. The van der Waals surface area contributed by atoms with E-state index in [4.69, 9.17) is 4.42 Å². The molecule has 0 saturated carbocycles. The summed E-state index contributed by atoms with van der Waals surface area (Å²) in [5, 5.41) is 2.53. The first-order valence-corrected chi connectivity index (χ1v) is 4.95. The fourth-order valence-corrected chi connectivity index (χ4v) is 1.54. The van der Waals surface area contributed by atoms with Gasteiger partial charge in [0.15, 0.2) is 5.89 Å². The Morgan fingerprint density at radius 1 is 1.29 bits per heavy atom. The second-order valence-electron chi connectivity index (χ2n) is 3.33. The standard InChI is InChI=1S/C12H11N2O2.Fm/c15-9-13-8-11-4-2-1-3-10(11)7-12-14-5-6-16-12;/h1-6H,7-8H2,(H,13,15);/q-1;. The summed E-state index contributed by atoms with van der Waals surface area (Å²) < 4.78 is 5.19. The number of rotatable bonds is 5. The van der Waals surface area contributed by atoms with Crippen LogP contribution in [0, 0.1) is 0 Å². The maximum absolute atomic E-state index is 10.1. The van der Waals surface area contributed by atoms with Crippen molar-refractivity contribution in [3.8, 4) is 0 Å². The molecule has 94 valence electrons. The molecular weight excluding hydrogens is 461 g/mol. The van der Waals surface area contributed by atoms with Crippen LogP contribution >= 0.6 is 0 Å². The zero-order valence-corrected chi connectivity index (χ0v) is 11.3. The number of oxazole rings is 1. The van der Waals surface area contributed by atoms with Gasteiger partial charge in [-0.1, -0.05) is 24.3 Å². The molecule has 1 aromatic carbocycles. The summed E-state index contributed by atoms with van der Waals surface area (Å²) in [5.41, 5.74) is 2.14. The molecule has 0 unspecified atom stereocenters. The Hall–Kier alpha value is -3.10. The molecule has 0 spiro atoms. The van der Waals surface area contributed by atoms with E-state index in [2.05, 4.69) is 10.3 Å². The average Bonchev–Trinajstić information content (AvgIpc) is 2.81. The van der Waals surface area contributed by atoms with Gasteiger partial charge >= 0.3 is 0 Å². The molecule has 2 aromatic rings. The molecule has 0 atom stereocenters. The molecule has 0 aliphatic heterocycles. The van der Waals surface area contributed by atoms with E-state index in [1.54, 1.807) is 18.9 Å². The van der Waals surface area contributed by atoms with E-state index < -0.39 is 0 Å². The van der Waals surface area contributed by atoms with Gasteiger partial charge in [-0.15, -0.1) is 0 Å². The maximum atomic E-state index is 10.1. The minimum Gasteiger partial charge on any atom is -0.526 e. The monoisotopic (exact) mass is 472 g/mol. The molecule has 1 heterocycles. The van der Waals surface area contributed by atoms with Gasteiger partial charge in [-0.05, 0) is 11.1 Å². The molecule has 0 fully saturated rings. The Bertz CT molecular complexity index is 457. The van der Waals surface area contributed by atoms with E-state index in [1.165, 1.54) is 0 Å².